The monoisotopic (exact) mass is 451 g/mol. The minimum Gasteiger partial charge on any atom is -0.493 e. The van der Waals surface area contributed by atoms with Crippen LogP contribution in [0, 0.1) is 20.8 Å². The van der Waals surface area contributed by atoms with Gasteiger partial charge in [0.05, 0.1) is 19.9 Å². The Morgan fingerprint density at radius 2 is 1.67 bits per heavy atom. The van der Waals surface area contributed by atoms with Gasteiger partial charge in [0.2, 0.25) is 5.91 Å². The Hall–Kier alpha value is -3.95. The van der Waals surface area contributed by atoms with Crippen molar-refractivity contribution >= 4 is 29.1 Å². The number of nitrogens with one attached hydrogen (secondary N) is 1. The Labute approximate surface area is 191 Å². The molecule has 172 valence electrons. The second-order valence-electron chi connectivity index (χ2n) is 8.07. The fourth-order valence-electron chi connectivity index (χ4n) is 4.28. The Balaban J connectivity index is 1.52. The summed E-state index contributed by atoms with van der Waals surface area (Å²) < 4.78 is 10.5. The number of methoxy groups -OCH3 is 2. The number of hydrogen-bond donors (Lipinski definition) is 1. The first-order valence-electron chi connectivity index (χ1n) is 10.4. The van der Waals surface area contributed by atoms with Crippen molar-refractivity contribution in [2.75, 3.05) is 31.0 Å². The quantitative estimate of drug-likeness (QED) is 0.676. The largest absolute Gasteiger partial charge is 0.493 e. The number of fused-ring (bicyclic) bond motifs is 1. The molecule has 0 aromatic heterocycles. The van der Waals surface area contributed by atoms with Crippen molar-refractivity contribution in [3.05, 3.63) is 47.0 Å². The van der Waals surface area contributed by atoms with E-state index in [0.29, 0.717) is 17.2 Å². The molecule has 2 atom stereocenters. The van der Waals surface area contributed by atoms with Crippen molar-refractivity contribution in [1.82, 2.24) is 5.01 Å². The molecule has 1 saturated heterocycles. The van der Waals surface area contributed by atoms with Crippen LogP contribution >= 0.6 is 0 Å². The van der Waals surface area contributed by atoms with Crippen LogP contribution in [0.15, 0.2) is 40.7 Å². The molecule has 0 saturated carbocycles. The third-order valence-electron chi connectivity index (χ3n) is 5.73. The van der Waals surface area contributed by atoms with Crippen LogP contribution in [0.25, 0.3) is 0 Å². The predicted octanol–water partition coefficient (Wildman–Crippen LogP) is 2.56. The number of amides is 3. The van der Waals surface area contributed by atoms with Gasteiger partial charge in [-0.3, -0.25) is 19.4 Å². The minimum atomic E-state index is -0.999. The van der Waals surface area contributed by atoms with Crippen LogP contribution in [0.3, 0.4) is 0 Å². The normalized spacial score (nSPS) is 19.2. The van der Waals surface area contributed by atoms with E-state index in [2.05, 4.69) is 15.7 Å². The fraction of sp³-hybridized carbons (Fsp3) is 0.348. The Bertz CT molecular complexity index is 1150. The molecule has 2 aliphatic rings. The van der Waals surface area contributed by atoms with Crippen molar-refractivity contribution in [2.45, 2.75) is 32.9 Å². The molecule has 10 nitrogen and oxygen atoms in total. The molecule has 1 N–H and O–H groups in total. The van der Waals surface area contributed by atoms with E-state index in [1.54, 1.807) is 18.2 Å². The molecular formula is C23H25N5O5. The number of carbonyl (C=O) groups excluding carboxylic acids is 3. The summed E-state index contributed by atoms with van der Waals surface area (Å²) in [6, 6.07) is 6.74. The lowest BCUT2D eigenvalue weighted by Gasteiger charge is -2.21. The second kappa shape index (κ2) is 8.53. The first kappa shape index (κ1) is 22.3. The maximum atomic E-state index is 13.2. The zero-order valence-electron chi connectivity index (χ0n) is 19.1. The summed E-state index contributed by atoms with van der Waals surface area (Å²) in [5, 5.41) is 12.1. The molecule has 0 spiro atoms. The van der Waals surface area contributed by atoms with Gasteiger partial charge in [0.25, 0.3) is 11.8 Å². The van der Waals surface area contributed by atoms with Crippen LogP contribution in [0.4, 0.5) is 11.4 Å². The third-order valence-corrected chi connectivity index (χ3v) is 5.73. The number of aryl methyl sites for hydroxylation is 3. The maximum absolute atomic E-state index is 13.2. The number of nitrogens with zero attached hydrogens (tertiary/aromatic N) is 4. The zero-order chi connectivity index (χ0) is 23.9. The van der Waals surface area contributed by atoms with Crippen molar-refractivity contribution in [3.8, 4) is 11.5 Å². The number of rotatable bonds is 6. The minimum absolute atomic E-state index is 0.212. The molecule has 0 aliphatic carbocycles. The highest BCUT2D eigenvalue weighted by Crippen LogP contribution is 2.36. The van der Waals surface area contributed by atoms with Gasteiger partial charge in [-0.15, -0.1) is 0 Å². The maximum Gasteiger partial charge on any atom is 0.263 e. The van der Waals surface area contributed by atoms with Gasteiger partial charge in [-0.05, 0) is 44.0 Å². The lowest BCUT2D eigenvalue weighted by Crippen LogP contribution is -2.43. The topological polar surface area (TPSA) is 113 Å². The Morgan fingerprint density at radius 3 is 2.30 bits per heavy atom. The van der Waals surface area contributed by atoms with Crippen molar-refractivity contribution in [2.24, 2.45) is 10.3 Å². The van der Waals surface area contributed by atoms with E-state index < -0.39 is 23.9 Å². The Kier molecular flexibility index (Phi) is 5.75. The van der Waals surface area contributed by atoms with E-state index in [-0.39, 0.29) is 12.5 Å². The first-order chi connectivity index (χ1) is 15.7. The van der Waals surface area contributed by atoms with Crippen molar-refractivity contribution < 1.29 is 23.9 Å². The summed E-state index contributed by atoms with van der Waals surface area (Å²) in [4.78, 5) is 39.9. The summed E-state index contributed by atoms with van der Waals surface area (Å²) in [7, 11) is 2.97. The van der Waals surface area contributed by atoms with E-state index >= 15 is 0 Å². The van der Waals surface area contributed by atoms with Crippen LogP contribution in [0.1, 0.15) is 16.7 Å². The number of imide groups is 1. The second-order valence-corrected chi connectivity index (χ2v) is 8.07. The first-order valence-corrected chi connectivity index (χ1v) is 10.4. The molecule has 4 rings (SSSR count). The zero-order valence-corrected chi connectivity index (χ0v) is 19.1. The summed E-state index contributed by atoms with van der Waals surface area (Å²) >= 11 is 0. The average molecular weight is 451 g/mol. The standard InChI is InChI=1S/C23H25N5O5/c1-12-8-13(2)19(14(3)9-12)24-18(29)11-27-21-20(25-26-27)22(30)28(23(21)31)15-6-7-16(32-4)17(10-15)33-5/h6-10,20-21H,11H2,1-5H3,(H,24,29). The van der Waals surface area contributed by atoms with Crippen LogP contribution in [0.5, 0.6) is 11.5 Å². The van der Waals surface area contributed by atoms with Gasteiger partial charge in [0.1, 0.15) is 6.54 Å². The van der Waals surface area contributed by atoms with E-state index in [1.807, 2.05) is 32.9 Å². The highest BCUT2D eigenvalue weighted by molar-refractivity contribution is 6.25. The molecule has 2 aromatic carbocycles. The van der Waals surface area contributed by atoms with E-state index in [1.165, 1.54) is 19.2 Å². The summed E-state index contributed by atoms with van der Waals surface area (Å²) in [6.07, 6.45) is 0. The fourth-order valence-corrected chi connectivity index (χ4v) is 4.28. The van der Waals surface area contributed by atoms with Gasteiger partial charge < -0.3 is 14.8 Å². The number of hydrogen-bond acceptors (Lipinski definition) is 8. The summed E-state index contributed by atoms with van der Waals surface area (Å²) in [6.45, 7) is 5.61. The highest BCUT2D eigenvalue weighted by atomic mass is 16.5. The van der Waals surface area contributed by atoms with Crippen molar-refractivity contribution in [3.63, 3.8) is 0 Å². The highest BCUT2D eigenvalue weighted by Gasteiger charge is 2.55. The van der Waals surface area contributed by atoms with E-state index in [9.17, 15) is 14.4 Å². The molecule has 3 amide bonds. The van der Waals surface area contributed by atoms with Gasteiger partial charge in [-0.2, -0.15) is 5.11 Å². The van der Waals surface area contributed by atoms with Crippen LogP contribution < -0.4 is 19.7 Å². The van der Waals surface area contributed by atoms with E-state index in [4.69, 9.17) is 9.47 Å². The molecule has 1 fully saturated rings. The summed E-state index contributed by atoms with van der Waals surface area (Å²) in [5.41, 5.74) is 4.04. The number of benzene rings is 2. The van der Waals surface area contributed by atoms with Gasteiger partial charge in [0.15, 0.2) is 23.6 Å². The molecule has 0 bridgehead atoms. The third kappa shape index (κ3) is 3.88. The molecule has 10 heteroatoms. The predicted molar refractivity (Wildman–Crippen MR) is 120 cm³/mol. The van der Waals surface area contributed by atoms with Gasteiger partial charge in [-0.25, -0.2) is 4.90 Å². The molecule has 33 heavy (non-hydrogen) atoms. The Morgan fingerprint density at radius 1 is 1.00 bits per heavy atom. The molecule has 2 aliphatic heterocycles. The number of ether oxygens (including phenoxy) is 2. The van der Waals surface area contributed by atoms with Crippen LogP contribution in [-0.2, 0) is 14.4 Å². The number of anilines is 2. The van der Waals surface area contributed by atoms with Gasteiger partial charge in [-0.1, -0.05) is 22.9 Å². The molecule has 0 radical (unpaired) electrons. The van der Waals surface area contributed by atoms with E-state index in [0.717, 1.165) is 27.3 Å². The summed E-state index contributed by atoms with van der Waals surface area (Å²) in [5.74, 6) is -0.504. The lowest BCUT2D eigenvalue weighted by molar-refractivity contribution is -0.123. The SMILES string of the molecule is COc1ccc(N2C(=O)C3N=NN(CC(=O)Nc4c(C)cc(C)cc4C)C3C2=O)cc1OC. The lowest BCUT2D eigenvalue weighted by atomic mass is 10.1. The van der Waals surface area contributed by atoms with Crippen LogP contribution in [-0.4, -0.2) is 55.6 Å². The molecular weight excluding hydrogens is 426 g/mol. The molecule has 2 heterocycles. The van der Waals surface area contributed by atoms with Gasteiger partial charge >= 0.3 is 0 Å². The van der Waals surface area contributed by atoms with Gasteiger partial charge in [0, 0.05) is 11.8 Å². The molecule has 2 unspecified atom stereocenters. The molecule has 2 aromatic rings. The smallest absolute Gasteiger partial charge is 0.263 e. The number of carbonyl (C=O) groups is 3. The van der Waals surface area contributed by atoms with Crippen LogP contribution in [0.2, 0.25) is 0 Å². The van der Waals surface area contributed by atoms with Crippen molar-refractivity contribution in [1.29, 1.82) is 0 Å². The average Bonchev–Trinajstić information content (AvgIpc) is 3.29.